The molecule has 7 nitrogen and oxygen atoms in total. The smallest absolute Gasteiger partial charge is 0.257 e. The van der Waals surface area contributed by atoms with Crippen LogP contribution >= 0.6 is 22.9 Å². The summed E-state index contributed by atoms with van der Waals surface area (Å²) in [4.78, 5) is 29.0. The van der Waals surface area contributed by atoms with Gasteiger partial charge in [-0.1, -0.05) is 17.7 Å². The van der Waals surface area contributed by atoms with Gasteiger partial charge < -0.3 is 14.8 Å². The lowest BCUT2D eigenvalue weighted by atomic mass is 10.2. The second-order valence-corrected chi connectivity index (χ2v) is 7.62. The lowest BCUT2D eigenvalue weighted by Crippen LogP contribution is -2.15. The maximum atomic E-state index is 12.5. The number of halogens is 1. The molecule has 0 bridgehead atoms. The van der Waals surface area contributed by atoms with Crippen molar-refractivity contribution in [3.63, 3.8) is 0 Å². The highest BCUT2D eigenvalue weighted by molar-refractivity contribution is 7.14. The minimum atomic E-state index is -0.337. The first-order valence-corrected chi connectivity index (χ1v) is 10.2. The van der Waals surface area contributed by atoms with Crippen LogP contribution in [0.25, 0.3) is 0 Å². The van der Waals surface area contributed by atoms with E-state index in [4.69, 9.17) is 21.1 Å². The van der Waals surface area contributed by atoms with Crippen LogP contribution < -0.4 is 20.1 Å². The van der Waals surface area contributed by atoms with Gasteiger partial charge in [0.1, 0.15) is 0 Å². The van der Waals surface area contributed by atoms with E-state index in [0.29, 0.717) is 38.6 Å². The van der Waals surface area contributed by atoms with Crippen molar-refractivity contribution in [1.82, 2.24) is 4.98 Å². The van der Waals surface area contributed by atoms with Crippen molar-refractivity contribution in [2.24, 2.45) is 0 Å². The number of amides is 2. The van der Waals surface area contributed by atoms with E-state index in [1.807, 2.05) is 13.0 Å². The monoisotopic (exact) mass is 445 g/mol. The normalized spacial score (nSPS) is 10.4. The van der Waals surface area contributed by atoms with Crippen LogP contribution in [0.1, 0.15) is 21.6 Å². The highest BCUT2D eigenvalue weighted by Crippen LogP contribution is 2.28. The van der Waals surface area contributed by atoms with Crippen molar-refractivity contribution in [1.29, 1.82) is 0 Å². The predicted octanol–water partition coefficient (Wildman–Crippen LogP) is 4.56. The molecule has 156 valence electrons. The maximum absolute atomic E-state index is 12.5. The van der Waals surface area contributed by atoms with Crippen molar-refractivity contribution in [3.8, 4) is 11.5 Å². The van der Waals surface area contributed by atoms with Crippen molar-refractivity contribution in [3.05, 3.63) is 63.6 Å². The number of hydrogen-bond acceptors (Lipinski definition) is 6. The molecule has 0 aliphatic heterocycles. The summed E-state index contributed by atoms with van der Waals surface area (Å²) in [6.45, 7) is 1.89. The topological polar surface area (TPSA) is 89.5 Å². The van der Waals surface area contributed by atoms with E-state index < -0.39 is 0 Å². The summed E-state index contributed by atoms with van der Waals surface area (Å²) in [7, 11) is 3.03. The number of rotatable bonds is 7. The predicted molar refractivity (Wildman–Crippen MR) is 118 cm³/mol. The third-order valence-electron chi connectivity index (χ3n) is 4.22. The number of carbonyl (C=O) groups is 2. The molecule has 0 fully saturated rings. The number of benzene rings is 2. The van der Waals surface area contributed by atoms with E-state index in [2.05, 4.69) is 15.6 Å². The first-order valence-electron chi connectivity index (χ1n) is 8.93. The average molecular weight is 446 g/mol. The summed E-state index contributed by atoms with van der Waals surface area (Å²) in [5.74, 6) is 0.429. The molecular weight excluding hydrogens is 426 g/mol. The molecule has 0 aliphatic rings. The SMILES string of the molecule is COc1ccc(C(=O)Nc2nc(CC(=O)Nc3ccc(C)c(Cl)c3)cs2)cc1OC. The lowest BCUT2D eigenvalue weighted by Gasteiger charge is -2.09. The Morgan fingerprint density at radius 3 is 2.53 bits per heavy atom. The molecular formula is C21H20ClN3O4S. The summed E-state index contributed by atoms with van der Waals surface area (Å²) in [6, 6.07) is 10.2. The number of aryl methyl sites for hydroxylation is 1. The number of thiazole rings is 1. The van der Waals surface area contributed by atoms with Gasteiger partial charge in [0.2, 0.25) is 5.91 Å². The molecule has 9 heteroatoms. The average Bonchev–Trinajstić information content (AvgIpc) is 3.16. The third-order valence-corrected chi connectivity index (χ3v) is 5.43. The number of hydrogen-bond donors (Lipinski definition) is 2. The van der Waals surface area contributed by atoms with Crippen LogP contribution in [-0.4, -0.2) is 31.0 Å². The molecule has 1 aromatic heterocycles. The minimum Gasteiger partial charge on any atom is -0.493 e. The van der Waals surface area contributed by atoms with Crippen molar-refractivity contribution >= 4 is 45.6 Å². The minimum absolute atomic E-state index is 0.0776. The van der Waals surface area contributed by atoms with Crippen molar-refractivity contribution in [2.75, 3.05) is 24.9 Å². The second kappa shape index (κ2) is 9.60. The molecule has 1 heterocycles. The van der Waals surface area contributed by atoms with Gasteiger partial charge in [0.15, 0.2) is 16.6 Å². The van der Waals surface area contributed by atoms with Crippen LogP contribution in [0.3, 0.4) is 0 Å². The molecule has 0 aliphatic carbocycles. The summed E-state index contributed by atoms with van der Waals surface area (Å²) >= 11 is 7.32. The molecule has 2 aromatic carbocycles. The summed E-state index contributed by atoms with van der Waals surface area (Å²) in [5, 5.41) is 8.22. The Bertz CT molecular complexity index is 1080. The zero-order chi connectivity index (χ0) is 21.7. The summed E-state index contributed by atoms with van der Waals surface area (Å²) in [6.07, 6.45) is 0.0776. The van der Waals surface area contributed by atoms with Gasteiger partial charge in [0, 0.05) is 21.7 Å². The van der Waals surface area contributed by atoms with Crippen LogP contribution in [0.15, 0.2) is 41.8 Å². The largest absolute Gasteiger partial charge is 0.493 e. The highest BCUT2D eigenvalue weighted by Gasteiger charge is 2.14. The first kappa shape index (κ1) is 21.6. The number of nitrogens with zero attached hydrogens (tertiary/aromatic N) is 1. The number of anilines is 2. The Balaban J connectivity index is 1.61. The van der Waals surface area contributed by atoms with Crippen LogP contribution in [0.5, 0.6) is 11.5 Å². The van der Waals surface area contributed by atoms with Crippen LogP contribution in [0.2, 0.25) is 5.02 Å². The fraction of sp³-hybridized carbons (Fsp3) is 0.190. The van der Waals surface area contributed by atoms with Crippen LogP contribution in [0, 0.1) is 6.92 Å². The number of ether oxygens (including phenoxy) is 2. The van der Waals surface area contributed by atoms with Gasteiger partial charge in [-0.05, 0) is 42.8 Å². The zero-order valence-electron chi connectivity index (χ0n) is 16.6. The van der Waals surface area contributed by atoms with Crippen molar-refractivity contribution < 1.29 is 19.1 Å². The zero-order valence-corrected chi connectivity index (χ0v) is 18.2. The van der Waals surface area contributed by atoms with Crippen molar-refractivity contribution in [2.45, 2.75) is 13.3 Å². The molecule has 3 rings (SSSR count). The standard InChI is InChI=1S/C21H20ClN3O4S/c1-12-4-6-14(9-16(12)22)23-19(26)10-15-11-30-21(24-15)25-20(27)13-5-7-17(28-2)18(8-13)29-3/h4-9,11H,10H2,1-3H3,(H,23,26)(H,24,25,27). The lowest BCUT2D eigenvalue weighted by molar-refractivity contribution is -0.115. The highest BCUT2D eigenvalue weighted by atomic mass is 35.5. The summed E-state index contributed by atoms with van der Waals surface area (Å²) < 4.78 is 10.4. The molecule has 0 atom stereocenters. The molecule has 30 heavy (non-hydrogen) atoms. The molecule has 0 saturated heterocycles. The van der Waals surface area contributed by atoms with E-state index in [9.17, 15) is 9.59 Å². The van der Waals surface area contributed by atoms with Gasteiger partial charge in [-0.3, -0.25) is 14.9 Å². The summed E-state index contributed by atoms with van der Waals surface area (Å²) in [5.41, 5.74) is 2.51. The van der Waals surface area contributed by atoms with Gasteiger partial charge in [-0.25, -0.2) is 4.98 Å². The number of methoxy groups -OCH3 is 2. The van der Waals surface area contributed by atoms with E-state index in [0.717, 1.165) is 5.56 Å². The maximum Gasteiger partial charge on any atom is 0.257 e. The number of aromatic nitrogens is 1. The molecule has 2 amide bonds. The quantitative estimate of drug-likeness (QED) is 0.556. The number of nitrogens with one attached hydrogen (secondary N) is 2. The third kappa shape index (κ3) is 5.28. The molecule has 0 spiro atoms. The first-order chi connectivity index (χ1) is 14.4. The van der Waals surface area contributed by atoms with Gasteiger partial charge in [-0.2, -0.15) is 0 Å². The van der Waals surface area contributed by atoms with Crippen LogP contribution in [0.4, 0.5) is 10.8 Å². The fourth-order valence-electron chi connectivity index (χ4n) is 2.63. The molecule has 2 N–H and O–H groups in total. The van der Waals surface area contributed by atoms with E-state index in [-0.39, 0.29) is 18.2 Å². The molecule has 0 unspecified atom stereocenters. The Labute approximate surface area is 183 Å². The molecule has 0 saturated carbocycles. The number of carbonyl (C=O) groups excluding carboxylic acids is 2. The van der Waals surface area contributed by atoms with Gasteiger partial charge in [0.05, 0.1) is 26.3 Å². The van der Waals surface area contributed by atoms with Gasteiger partial charge in [0.25, 0.3) is 5.91 Å². The van der Waals surface area contributed by atoms with E-state index in [1.54, 1.807) is 35.7 Å². The van der Waals surface area contributed by atoms with Gasteiger partial charge >= 0.3 is 0 Å². The molecule has 0 radical (unpaired) electrons. The Morgan fingerprint density at radius 2 is 1.83 bits per heavy atom. The van der Waals surface area contributed by atoms with Gasteiger partial charge in [-0.15, -0.1) is 11.3 Å². The Morgan fingerprint density at radius 1 is 1.07 bits per heavy atom. The Kier molecular flexibility index (Phi) is 6.91. The Hall–Kier alpha value is -3.10. The fourth-order valence-corrected chi connectivity index (χ4v) is 3.52. The van der Waals surface area contributed by atoms with E-state index >= 15 is 0 Å². The second-order valence-electron chi connectivity index (χ2n) is 6.36. The van der Waals surface area contributed by atoms with Crippen LogP contribution in [-0.2, 0) is 11.2 Å². The van der Waals surface area contributed by atoms with E-state index in [1.165, 1.54) is 25.6 Å². The molecule has 3 aromatic rings.